The third-order valence-electron chi connectivity index (χ3n) is 1.29. The van der Waals surface area contributed by atoms with Crippen LogP contribution in [0.4, 0.5) is 0 Å². The van der Waals surface area contributed by atoms with Crippen LogP contribution in [0.15, 0.2) is 10.6 Å². The maximum atomic E-state index is 8.64. The Morgan fingerprint density at radius 2 is 2.18 bits per heavy atom. The molecule has 0 spiro atoms. The van der Waals surface area contributed by atoms with Crippen LogP contribution in [-0.2, 0) is 0 Å². The minimum atomic E-state index is -1.56. The molecule has 1 aromatic heterocycles. The molecule has 2 N–H and O–H groups in total. The van der Waals surface area contributed by atoms with Crippen LogP contribution in [0.25, 0.3) is 0 Å². The van der Waals surface area contributed by atoms with Crippen molar-refractivity contribution in [3.63, 3.8) is 0 Å². The van der Waals surface area contributed by atoms with Crippen molar-refractivity contribution < 1.29 is 14.5 Å². The van der Waals surface area contributed by atoms with E-state index < -0.39 is 7.12 Å². The lowest BCUT2D eigenvalue weighted by Gasteiger charge is -1.95. The maximum absolute atomic E-state index is 8.64. The van der Waals surface area contributed by atoms with Crippen LogP contribution in [0.3, 0.4) is 0 Å². The van der Waals surface area contributed by atoms with Gasteiger partial charge in [-0.2, -0.15) is 0 Å². The first kappa shape index (κ1) is 8.29. The normalized spacial score (nSPS) is 10.6. The highest BCUT2D eigenvalue weighted by molar-refractivity contribution is 6.56. The van der Waals surface area contributed by atoms with Crippen LogP contribution < -0.4 is 5.66 Å². The largest absolute Gasteiger partial charge is 0.528 e. The van der Waals surface area contributed by atoms with Crippen molar-refractivity contribution in [2.24, 2.45) is 0 Å². The van der Waals surface area contributed by atoms with Crippen molar-refractivity contribution in [3.05, 3.63) is 12.1 Å². The van der Waals surface area contributed by atoms with E-state index in [2.05, 4.69) is 4.98 Å². The van der Waals surface area contributed by atoms with Crippen LogP contribution in [0.5, 0.6) is 0 Å². The average molecular weight is 155 g/mol. The zero-order valence-corrected chi connectivity index (χ0v) is 6.48. The van der Waals surface area contributed by atoms with Crippen LogP contribution in [0.1, 0.15) is 25.7 Å². The SMILES string of the molecule is CC(C)c1ncc(B(O)O)o1. The van der Waals surface area contributed by atoms with Gasteiger partial charge in [0.15, 0.2) is 11.6 Å². The topological polar surface area (TPSA) is 66.5 Å². The first-order valence-corrected chi connectivity index (χ1v) is 3.43. The van der Waals surface area contributed by atoms with E-state index in [1.165, 1.54) is 6.20 Å². The molecule has 11 heavy (non-hydrogen) atoms. The number of aromatic nitrogens is 1. The van der Waals surface area contributed by atoms with Crippen molar-refractivity contribution in [3.8, 4) is 0 Å². The van der Waals surface area contributed by atoms with E-state index in [9.17, 15) is 0 Å². The summed E-state index contributed by atoms with van der Waals surface area (Å²) in [6.07, 6.45) is 1.32. The molecule has 0 saturated carbocycles. The number of nitrogens with zero attached hydrogens (tertiary/aromatic N) is 1. The molecule has 0 aliphatic rings. The summed E-state index contributed by atoms with van der Waals surface area (Å²) in [5.41, 5.74) is 0.0914. The zero-order valence-electron chi connectivity index (χ0n) is 6.48. The summed E-state index contributed by atoms with van der Waals surface area (Å²) >= 11 is 0. The van der Waals surface area contributed by atoms with Crippen LogP contribution in [-0.4, -0.2) is 22.2 Å². The second-order valence-electron chi connectivity index (χ2n) is 2.63. The Hall–Kier alpha value is -0.805. The molecule has 0 atom stereocenters. The lowest BCUT2D eigenvalue weighted by atomic mass is 9.89. The van der Waals surface area contributed by atoms with Crippen LogP contribution in [0, 0.1) is 0 Å². The molecule has 5 heteroatoms. The average Bonchev–Trinajstić information content (AvgIpc) is 2.33. The Labute approximate surface area is 65.0 Å². The number of oxazole rings is 1. The summed E-state index contributed by atoms with van der Waals surface area (Å²) < 4.78 is 5.00. The molecule has 0 aliphatic heterocycles. The molecular formula is C6H10BNO3. The minimum Gasteiger partial charge on any atom is -0.449 e. The van der Waals surface area contributed by atoms with E-state index in [-0.39, 0.29) is 11.6 Å². The fourth-order valence-corrected chi connectivity index (χ4v) is 0.687. The molecule has 1 rings (SSSR count). The Morgan fingerprint density at radius 1 is 1.55 bits per heavy atom. The molecule has 0 bridgehead atoms. The highest BCUT2D eigenvalue weighted by atomic mass is 16.4. The molecule has 0 aliphatic carbocycles. The molecule has 4 nitrogen and oxygen atoms in total. The first-order valence-electron chi connectivity index (χ1n) is 3.43. The lowest BCUT2D eigenvalue weighted by molar-refractivity contribution is 0.400. The van der Waals surface area contributed by atoms with Crippen LogP contribution >= 0.6 is 0 Å². The monoisotopic (exact) mass is 155 g/mol. The van der Waals surface area contributed by atoms with Crippen molar-refractivity contribution in [1.82, 2.24) is 4.98 Å². The summed E-state index contributed by atoms with van der Waals surface area (Å²) in [7, 11) is -1.56. The Morgan fingerprint density at radius 3 is 2.45 bits per heavy atom. The van der Waals surface area contributed by atoms with Crippen molar-refractivity contribution in [1.29, 1.82) is 0 Å². The highest BCUT2D eigenvalue weighted by Gasteiger charge is 2.17. The highest BCUT2D eigenvalue weighted by Crippen LogP contribution is 2.08. The Bertz CT molecular complexity index is 211. The number of rotatable bonds is 2. The maximum Gasteiger partial charge on any atom is 0.528 e. The molecule has 0 saturated heterocycles. The Kier molecular flexibility index (Phi) is 2.31. The van der Waals surface area contributed by atoms with Gasteiger partial charge in [-0.15, -0.1) is 0 Å². The second kappa shape index (κ2) is 3.06. The van der Waals surface area contributed by atoms with Gasteiger partial charge < -0.3 is 14.5 Å². The van der Waals surface area contributed by atoms with Gasteiger partial charge in [0.2, 0.25) is 0 Å². The van der Waals surface area contributed by atoms with E-state index in [0.717, 1.165) is 0 Å². The van der Waals surface area contributed by atoms with E-state index in [1.54, 1.807) is 0 Å². The smallest absolute Gasteiger partial charge is 0.449 e. The molecule has 0 radical (unpaired) electrons. The summed E-state index contributed by atoms with van der Waals surface area (Å²) in [5, 5.41) is 17.3. The molecule has 0 fully saturated rings. The molecule has 0 aromatic carbocycles. The fraction of sp³-hybridized carbons (Fsp3) is 0.500. The molecular weight excluding hydrogens is 145 g/mol. The van der Waals surface area contributed by atoms with Gasteiger partial charge in [0.05, 0.1) is 6.20 Å². The third kappa shape index (κ3) is 1.81. The van der Waals surface area contributed by atoms with Gasteiger partial charge in [-0.1, -0.05) is 13.8 Å². The van der Waals surface area contributed by atoms with Gasteiger partial charge in [0.25, 0.3) is 0 Å². The summed E-state index contributed by atoms with van der Waals surface area (Å²) in [5.74, 6) is 0.690. The van der Waals surface area contributed by atoms with E-state index in [4.69, 9.17) is 14.5 Å². The summed E-state index contributed by atoms with van der Waals surface area (Å²) in [6.45, 7) is 3.83. The van der Waals surface area contributed by atoms with E-state index in [0.29, 0.717) is 5.89 Å². The summed E-state index contributed by atoms with van der Waals surface area (Å²) in [4.78, 5) is 3.85. The molecule has 1 heterocycles. The van der Waals surface area contributed by atoms with E-state index >= 15 is 0 Å². The number of hydrogen-bond acceptors (Lipinski definition) is 4. The third-order valence-corrected chi connectivity index (χ3v) is 1.29. The van der Waals surface area contributed by atoms with Crippen molar-refractivity contribution >= 4 is 12.8 Å². The van der Waals surface area contributed by atoms with Gasteiger partial charge in [-0.3, -0.25) is 0 Å². The quantitative estimate of drug-likeness (QED) is 0.563. The van der Waals surface area contributed by atoms with Gasteiger partial charge in [0, 0.05) is 5.92 Å². The Balaban J connectivity index is 2.82. The van der Waals surface area contributed by atoms with Crippen molar-refractivity contribution in [2.75, 3.05) is 0 Å². The predicted octanol–water partition coefficient (Wildman–Crippen LogP) is -0.522. The van der Waals surface area contributed by atoms with Gasteiger partial charge in [-0.05, 0) is 0 Å². The van der Waals surface area contributed by atoms with Gasteiger partial charge in [0.1, 0.15) is 0 Å². The van der Waals surface area contributed by atoms with Gasteiger partial charge >= 0.3 is 7.12 Å². The fourth-order valence-electron chi connectivity index (χ4n) is 0.687. The molecule has 0 amide bonds. The number of hydrogen-bond donors (Lipinski definition) is 2. The molecule has 1 aromatic rings. The standard InChI is InChI=1S/C6H10BNO3/c1-4(2)6-8-3-5(11-6)7(9)10/h3-4,9-10H,1-2H3. The van der Waals surface area contributed by atoms with Crippen molar-refractivity contribution in [2.45, 2.75) is 19.8 Å². The second-order valence-corrected chi connectivity index (χ2v) is 2.63. The predicted molar refractivity (Wildman–Crippen MR) is 40.4 cm³/mol. The van der Waals surface area contributed by atoms with E-state index in [1.807, 2.05) is 13.8 Å². The van der Waals surface area contributed by atoms with Crippen LogP contribution in [0.2, 0.25) is 0 Å². The minimum absolute atomic E-state index is 0.0914. The van der Waals surface area contributed by atoms with Gasteiger partial charge in [-0.25, -0.2) is 4.98 Å². The first-order chi connectivity index (χ1) is 5.11. The lowest BCUT2D eigenvalue weighted by Crippen LogP contribution is -2.28. The molecule has 0 unspecified atom stereocenters. The summed E-state index contributed by atoms with van der Waals surface area (Å²) in [6, 6.07) is 0. The zero-order chi connectivity index (χ0) is 8.43. The molecule has 60 valence electrons.